The summed E-state index contributed by atoms with van der Waals surface area (Å²) in [5, 5.41) is 15.3. The predicted molar refractivity (Wildman–Crippen MR) is 63.6 cm³/mol. The largest absolute Gasteiger partial charge is 0.507 e. The maximum atomic E-state index is 12.9. The number of hydrogen-bond donors (Lipinski definition) is 2. The van der Waals surface area contributed by atoms with E-state index in [2.05, 4.69) is 15.3 Å². The molecule has 1 rings (SSSR count). The molecule has 1 aromatic carbocycles. The zero-order valence-electron chi connectivity index (χ0n) is 9.64. The molecule has 18 heavy (non-hydrogen) atoms. The van der Waals surface area contributed by atoms with E-state index in [0.29, 0.717) is 25.9 Å². The maximum absolute atomic E-state index is 12.9. The molecule has 1 amide bonds. The average Bonchev–Trinajstić information content (AvgIpc) is 2.36. The van der Waals surface area contributed by atoms with Gasteiger partial charge in [-0.2, -0.15) is 0 Å². The van der Waals surface area contributed by atoms with Crippen molar-refractivity contribution in [1.82, 2.24) is 5.32 Å². The highest BCUT2D eigenvalue weighted by molar-refractivity contribution is 5.96. The third kappa shape index (κ3) is 4.31. The third-order valence-corrected chi connectivity index (χ3v) is 2.24. The van der Waals surface area contributed by atoms with E-state index in [0.717, 1.165) is 18.2 Å². The molecule has 96 valence electrons. The topological polar surface area (TPSA) is 98.1 Å². The van der Waals surface area contributed by atoms with Crippen LogP contribution in [-0.4, -0.2) is 24.1 Å². The summed E-state index contributed by atoms with van der Waals surface area (Å²) in [5.74, 6) is -1.37. The Morgan fingerprint density at radius 1 is 1.50 bits per heavy atom. The monoisotopic (exact) mass is 252 g/mol. The van der Waals surface area contributed by atoms with Crippen LogP contribution in [0.25, 0.3) is 10.4 Å². The number of phenols is 1. The maximum Gasteiger partial charge on any atom is 0.255 e. The second kappa shape index (κ2) is 7.13. The number of unbranched alkanes of at least 4 members (excludes halogenated alkanes) is 1. The van der Waals surface area contributed by atoms with Gasteiger partial charge in [0.2, 0.25) is 0 Å². The second-order valence-corrected chi connectivity index (χ2v) is 3.58. The van der Waals surface area contributed by atoms with Crippen molar-refractivity contribution in [3.05, 3.63) is 40.0 Å². The Morgan fingerprint density at radius 2 is 2.28 bits per heavy atom. The fourth-order valence-corrected chi connectivity index (χ4v) is 1.34. The molecular weight excluding hydrogens is 239 g/mol. The summed E-state index contributed by atoms with van der Waals surface area (Å²) in [6.45, 7) is 0.743. The lowest BCUT2D eigenvalue weighted by molar-refractivity contribution is 0.0950. The smallest absolute Gasteiger partial charge is 0.255 e. The van der Waals surface area contributed by atoms with Gasteiger partial charge in [0.25, 0.3) is 5.91 Å². The van der Waals surface area contributed by atoms with E-state index in [-0.39, 0.29) is 11.3 Å². The molecule has 0 aliphatic carbocycles. The summed E-state index contributed by atoms with van der Waals surface area (Å²) in [6.07, 6.45) is 1.29. The van der Waals surface area contributed by atoms with Gasteiger partial charge in [0.1, 0.15) is 11.6 Å². The van der Waals surface area contributed by atoms with Crippen LogP contribution in [0.5, 0.6) is 5.75 Å². The van der Waals surface area contributed by atoms with Gasteiger partial charge in [-0.1, -0.05) is 5.11 Å². The highest BCUT2D eigenvalue weighted by atomic mass is 19.1. The first kappa shape index (κ1) is 13.8. The highest BCUT2D eigenvalue weighted by Crippen LogP contribution is 2.17. The molecule has 0 fully saturated rings. The number of benzene rings is 1. The van der Waals surface area contributed by atoms with E-state index in [1.807, 2.05) is 0 Å². The Morgan fingerprint density at radius 3 is 3.00 bits per heavy atom. The number of azide groups is 1. The van der Waals surface area contributed by atoms with Crippen LogP contribution in [0.15, 0.2) is 23.3 Å². The van der Waals surface area contributed by atoms with Crippen LogP contribution in [0.1, 0.15) is 23.2 Å². The molecule has 2 N–H and O–H groups in total. The van der Waals surface area contributed by atoms with Crippen molar-refractivity contribution in [3.63, 3.8) is 0 Å². The minimum atomic E-state index is -0.582. The number of amides is 1. The molecule has 0 unspecified atom stereocenters. The van der Waals surface area contributed by atoms with Crippen LogP contribution in [0, 0.1) is 5.82 Å². The first-order chi connectivity index (χ1) is 8.65. The molecule has 0 saturated heterocycles. The van der Waals surface area contributed by atoms with Crippen molar-refractivity contribution in [2.24, 2.45) is 5.11 Å². The van der Waals surface area contributed by atoms with Crippen LogP contribution in [0.4, 0.5) is 4.39 Å². The lowest BCUT2D eigenvalue weighted by atomic mass is 10.2. The molecular formula is C11H13FN4O2. The number of nitrogens with zero attached hydrogens (tertiary/aromatic N) is 3. The number of aromatic hydroxyl groups is 1. The summed E-state index contributed by atoms with van der Waals surface area (Å²) in [5.41, 5.74) is 7.95. The molecule has 0 aliphatic heterocycles. The lowest BCUT2D eigenvalue weighted by Gasteiger charge is -2.06. The van der Waals surface area contributed by atoms with Crippen molar-refractivity contribution < 1.29 is 14.3 Å². The number of halogens is 1. The van der Waals surface area contributed by atoms with E-state index in [4.69, 9.17) is 5.53 Å². The van der Waals surface area contributed by atoms with E-state index in [1.54, 1.807) is 0 Å². The molecule has 0 heterocycles. The van der Waals surface area contributed by atoms with Gasteiger partial charge in [0.05, 0.1) is 5.56 Å². The third-order valence-electron chi connectivity index (χ3n) is 2.24. The summed E-state index contributed by atoms with van der Waals surface area (Å²) < 4.78 is 12.9. The van der Waals surface area contributed by atoms with Crippen LogP contribution in [0.2, 0.25) is 0 Å². The summed E-state index contributed by atoms with van der Waals surface area (Å²) in [4.78, 5) is 14.2. The molecule has 7 heteroatoms. The Bertz CT molecular complexity index is 472. The minimum Gasteiger partial charge on any atom is -0.507 e. The molecule has 0 atom stereocenters. The first-order valence-electron chi connectivity index (χ1n) is 5.42. The van der Waals surface area contributed by atoms with Gasteiger partial charge in [0, 0.05) is 18.0 Å². The summed E-state index contributed by atoms with van der Waals surface area (Å²) in [6, 6.07) is 3.18. The van der Waals surface area contributed by atoms with Crippen LogP contribution in [0.3, 0.4) is 0 Å². The number of rotatable bonds is 6. The minimum absolute atomic E-state index is 0.0926. The molecule has 0 aliphatic rings. The van der Waals surface area contributed by atoms with Crippen molar-refractivity contribution in [1.29, 1.82) is 0 Å². The van der Waals surface area contributed by atoms with Crippen LogP contribution >= 0.6 is 0 Å². The highest BCUT2D eigenvalue weighted by Gasteiger charge is 2.11. The normalized spacial score (nSPS) is 9.61. The first-order valence-corrected chi connectivity index (χ1v) is 5.42. The van der Waals surface area contributed by atoms with E-state index >= 15 is 0 Å². The molecule has 0 saturated carbocycles. The molecule has 0 aromatic heterocycles. The van der Waals surface area contributed by atoms with E-state index in [9.17, 15) is 14.3 Å². The summed E-state index contributed by atoms with van der Waals surface area (Å²) >= 11 is 0. The zero-order chi connectivity index (χ0) is 13.4. The van der Waals surface area contributed by atoms with Crippen LogP contribution < -0.4 is 5.32 Å². The number of carbonyl (C=O) groups is 1. The Hall–Kier alpha value is -2.27. The SMILES string of the molecule is [N-]=[N+]=NCCCCNC(=O)c1cc(F)ccc1O. The number of phenolic OH excluding ortho intramolecular Hbond substituents is 1. The van der Waals surface area contributed by atoms with Crippen molar-refractivity contribution in [3.8, 4) is 5.75 Å². The molecule has 0 spiro atoms. The number of hydrogen-bond acceptors (Lipinski definition) is 3. The van der Waals surface area contributed by atoms with Gasteiger partial charge in [-0.05, 0) is 36.6 Å². The van der Waals surface area contributed by atoms with Crippen molar-refractivity contribution in [2.75, 3.05) is 13.1 Å². The fourth-order valence-electron chi connectivity index (χ4n) is 1.34. The predicted octanol–water partition coefficient (Wildman–Crippen LogP) is 2.35. The fraction of sp³-hybridized carbons (Fsp3) is 0.364. The Labute approximate surface area is 103 Å². The molecule has 1 aromatic rings. The van der Waals surface area contributed by atoms with E-state index < -0.39 is 11.7 Å². The van der Waals surface area contributed by atoms with Gasteiger partial charge >= 0.3 is 0 Å². The van der Waals surface area contributed by atoms with Crippen molar-refractivity contribution >= 4 is 5.91 Å². The standard InChI is InChI=1S/C11H13FN4O2/c12-8-3-4-10(17)9(7-8)11(18)14-5-1-2-6-15-16-13/h3-4,7,17H,1-2,5-6H2,(H,14,18). The van der Waals surface area contributed by atoms with Gasteiger partial charge < -0.3 is 10.4 Å². The quantitative estimate of drug-likeness (QED) is 0.351. The molecule has 0 bridgehead atoms. The molecule has 6 nitrogen and oxygen atoms in total. The zero-order valence-corrected chi connectivity index (χ0v) is 9.64. The van der Waals surface area contributed by atoms with Crippen molar-refractivity contribution in [2.45, 2.75) is 12.8 Å². The number of carbonyl (C=O) groups excluding carboxylic acids is 1. The lowest BCUT2D eigenvalue weighted by Crippen LogP contribution is -2.24. The average molecular weight is 252 g/mol. The van der Waals surface area contributed by atoms with Gasteiger partial charge in [-0.3, -0.25) is 4.79 Å². The van der Waals surface area contributed by atoms with Crippen LogP contribution in [-0.2, 0) is 0 Å². The van der Waals surface area contributed by atoms with Gasteiger partial charge in [0.15, 0.2) is 0 Å². The van der Waals surface area contributed by atoms with Gasteiger partial charge in [-0.15, -0.1) is 0 Å². The van der Waals surface area contributed by atoms with Gasteiger partial charge in [-0.25, -0.2) is 4.39 Å². The summed E-state index contributed by atoms with van der Waals surface area (Å²) in [7, 11) is 0. The Balaban J connectivity index is 2.41. The number of nitrogens with one attached hydrogen (secondary N) is 1. The van der Waals surface area contributed by atoms with E-state index in [1.165, 1.54) is 0 Å². The Kier molecular flexibility index (Phi) is 5.47. The molecule has 0 radical (unpaired) electrons. The second-order valence-electron chi connectivity index (χ2n) is 3.58.